The van der Waals surface area contributed by atoms with Crippen molar-refractivity contribution in [1.29, 1.82) is 0 Å². The molecule has 4 unspecified atom stereocenters. The van der Waals surface area contributed by atoms with Gasteiger partial charge in [0.05, 0.1) is 50.6 Å². The van der Waals surface area contributed by atoms with Gasteiger partial charge < -0.3 is 61.2 Å². The van der Waals surface area contributed by atoms with Gasteiger partial charge in [-0.1, -0.05) is 135 Å². The van der Waals surface area contributed by atoms with Crippen LogP contribution < -0.4 is 0 Å². The van der Waals surface area contributed by atoms with Gasteiger partial charge in [0.25, 0.3) is 0 Å². The van der Waals surface area contributed by atoms with Crippen molar-refractivity contribution in [1.82, 2.24) is 0 Å². The summed E-state index contributed by atoms with van der Waals surface area (Å²) in [6, 6.07) is 18.7. The first kappa shape index (κ1) is 86.5. The molecular formula is C61H144O13Si9. The summed E-state index contributed by atoms with van der Waals surface area (Å²) in [5, 5.41) is 41.6. The monoisotopic (exact) mass is 1340 g/mol. The topological polar surface area (TPSA) is 164 Å². The van der Waals surface area contributed by atoms with Crippen LogP contribution in [0.2, 0.25) is 189 Å². The van der Waals surface area contributed by atoms with Crippen LogP contribution in [-0.4, -0.2) is 197 Å². The van der Waals surface area contributed by atoms with Crippen molar-refractivity contribution in [2.24, 2.45) is 0 Å². The zero-order valence-corrected chi connectivity index (χ0v) is 68.3. The Kier molecular flexibility index (Phi) is 45.9. The van der Waals surface area contributed by atoms with E-state index in [4.69, 9.17) is 40.8 Å². The molecule has 502 valence electrons. The fourth-order valence-corrected chi connectivity index (χ4v) is 47.1. The molecule has 0 heterocycles. The predicted molar refractivity (Wildman–Crippen MR) is 381 cm³/mol. The van der Waals surface area contributed by atoms with Crippen LogP contribution in [0.25, 0.3) is 0 Å². The van der Waals surface area contributed by atoms with Gasteiger partial charge in [-0.05, 0) is 155 Å². The summed E-state index contributed by atoms with van der Waals surface area (Å²) in [7, 11) is -13.7. The van der Waals surface area contributed by atoms with Gasteiger partial charge in [0.15, 0.2) is 49.9 Å². The molecule has 0 aliphatic heterocycles. The van der Waals surface area contributed by atoms with E-state index in [0.29, 0.717) is 39.6 Å². The average Bonchev–Trinajstić information content (AvgIpc) is 3.45. The first-order chi connectivity index (χ1) is 38.5. The van der Waals surface area contributed by atoms with Gasteiger partial charge in [0.2, 0.25) is 0 Å². The second kappa shape index (κ2) is 44.1. The normalized spacial score (nSPS) is 15.9. The molecular weight excluding hydrogens is 1190 g/mol. The molecule has 4 atom stereocenters. The van der Waals surface area contributed by atoms with E-state index in [1.54, 1.807) is 0 Å². The van der Waals surface area contributed by atoms with E-state index in [-0.39, 0.29) is 26.4 Å². The third-order valence-corrected chi connectivity index (χ3v) is 54.4. The van der Waals surface area contributed by atoms with Gasteiger partial charge in [0, 0.05) is 39.6 Å². The highest BCUT2D eigenvalue weighted by Crippen LogP contribution is 2.31. The zero-order chi connectivity index (χ0) is 64.2. The highest BCUT2D eigenvalue weighted by atomic mass is 28.4. The van der Waals surface area contributed by atoms with Gasteiger partial charge in [0.1, 0.15) is 36.6 Å². The molecule has 22 heteroatoms. The Hall–Kier alpha value is 1.43. The van der Waals surface area contributed by atoms with E-state index in [9.17, 15) is 20.4 Å². The molecule has 0 rings (SSSR count). The van der Waals surface area contributed by atoms with E-state index in [1.807, 2.05) is 0 Å². The van der Waals surface area contributed by atoms with E-state index in [0.717, 1.165) is 56.7 Å². The minimum absolute atomic E-state index is 0.114. The number of hydrogen-bond donors (Lipinski definition) is 4. The molecule has 0 aromatic heterocycles. The van der Waals surface area contributed by atoms with E-state index < -0.39 is 111 Å². The summed E-state index contributed by atoms with van der Waals surface area (Å²) in [4.78, 5) is 0. The van der Waals surface area contributed by atoms with E-state index in [2.05, 4.69) is 161 Å². The SMILES string of the molecule is CC[Si](CC)(CC)CCCOC(CO)C(OCCC[Si](CC)(CC)CC)C(CO)OCCC[Si](CC)(CC)CC.C[Si](C)(C)O[Si](C)(C)CCCOC(CO)C(OCCC[Si](C)(C)O[Si](C)(C)C)C(CO)OCCC[Si](C)(C)O[Si](C)(C)C. The number of hydrogen-bond acceptors (Lipinski definition) is 13. The fraction of sp³-hybridized carbons (Fsp3) is 1.00. The lowest BCUT2D eigenvalue weighted by Gasteiger charge is -2.34. The molecule has 0 bridgehead atoms. The number of rotatable bonds is 53. The molecule has 0 aromatic carbocycles. The van der Waals surface area contributed by atoms with Crippen LogP contribution in [0, 0.1) is 0 Å². The number of aliphatic hydroxyl groups is 4. The Morgan fingerprint density at radius 1 is 0.253 bits per heavy atom. The third kappa shape index (κ3) is 39.4. The molecule has 0 aliphatic carbocycles. The van der Waals surface area contributed by atoms with Crippen molar-refractivity contribution in [2.45, 2.75) is 326 Å². The summed E-state index contributed by atoms with van der Waals surface area (Å²) in [6.07, 6.45) is 2.56. The largest absolute Gasteiger partial charge is 0.456 e. The lowest BCUT2D eigenvalue weighted by molar-refractivity contribution is -0.159. The fourth-order valence-electron chi connectivity index (χ4n) is 12.6. The molecule has 13 nitrogen and oxygen atoms in total. The van der Waals surface area contributed by atoms with Crippen molar-refractivity contribution >= 4 is 74.1 Å². The lowest BCUT2D eigenvalue weighted by Crippen LogP contribution is -2.47. The second-order valence-electron chi connectivity index (χ2n) is 29.3. The van der Waals surface area contributed by atoms with Crippen molar-refractivity contribution in [3.63, 3.8) is 0 Å². The highest BCUT2D eigenvalue weighted by molar-refractivity contribution is 6.85. The molecule has 0 aromatic rings. The van der Waals surface area contributed by atoms with Crippen molar-refractivity contribution in [3.05, 3.63) is 0 Å². The Morgan fingerprint density at radius 2 is 0.422 bits per heavy atom. The number of aliphatic hydroxyl groups excluding tert-OH is 4. The Balaban J connectivity index is 0. The van der Waals surface area contributed by atoms with Crippen LogP contribution in [0.5, 0.6) is 0 Å². The maximum atomic E-state index is 10.4. The highest BCUT2D eigenvalue weighted by Gasteiger charge is 2.37. The molecule has 0 fully saturated rings. The minimum Gasteiger partial charge on any atom is -0.456 e. The second-order valence-corrected chi connectivity index (χ2v) is 73.3. The van der Waals surface area contributed by atoms with Crippen molar-refractivity contribution in [3.8, 4) is 0 Å². The quantitative estimate of drug-likeness (QED) is 0.0336. The Morgan fingerprint density at radius 3 is 0.578 bits per heavy atom. The van der Waals surface area contributed by atoms with Gasteiger partial charge in [-0.2, -0.15) is 0 Å². The first-order valence-electron chi connectivity index (χ1n) is 33.8. The van der Waals surface area contributed by atoms with Crippen molar-refractivity contribution in [2.75, 3.05) is 66.1 Å². The molecule has 0 saturated carbocycles. The molecule has 0 saturated heterocycles. The predicted octanol–water partition coefficient (Wildman–Crippen LogP) is 16.3. The van der Waals surface area contributed by atoms with E-state index in [1.165, 1.54) is 72.5 Å². The molecule has 0 aliphatic rings. The molecule has 0 radical (unpaired) electrons. The summed E-state index contributed by atoms with van der Waals surface area (Å²) >= 11 is 0. The van der Waals surface area contributed by atoms with E-state index >= 15 is 0 Å². The molecule has 0 spiro atoms. The summed E-state index contributed by atoms with van der Waals surface area (Å²) < 4.78 is 57.4. The standard InChI is InChI=1S/C32H72O5Si3.C29H72O8Si6/c1-10-38(11-2,12-3)25-19-22-35-30(28-33)32(37-24-21-27-40(16-7,17-8)18-9)31(29-34)36-23-20-26-39(13-4,14-5)15-6;1-38(2,3)35-41(10,11)22-16-19-32-27(25-30)29(34-21-18-24-43(14,15)37-40(7,8)9)28(26-31)33-20-17-23-42(12,13)36-39(4,5)6/h30-34H,10-29H2,1-9H3;27-31H,16-26H2,1-15H3. The summed E-state index contributed by atoms with van der Waals surface area (Å²) in [6.45, 7) is 57.7. The van der Waals surface area contributed by atoms with Crippen LogP contribution in [0.1, 0.15) is 101 Å². The molecule has 83 heavy (non-hydrogen) atoms. The van der Waals surface area contributed by atoms with Crippen LogP contribution >= 0.6 is 0 Å². The average molecular weight is 1340 g/mol. The van der Waals surface area contributed by atoms with Crippen LogP contribution in [0.4, 0.5) is 0 Å². The van der Waals surface area contributed by atoms with Crippen LogP contribution in [0.15, 0.2) is 0 Å². The molecule has 0 amide bonds. The minimum atomic E-state index is -1.79. The van der Waals surface area contributed by atoms with Gasteiger partial charge >= 0.3 is 0 Å². The van der Waals surface area contributed by atoms with Gasteiger partial charge in [-0.3, -0.25) is 0 Å². The summed E-state index contributed by atoms with van der Waals surface area (Å²) in [5.74, 6) is 0. The Labute approximate surface area is 524 Å². The van der Waals surface area contributed by atoms with Gasteiger partial charge in [-0.15, -0.1) is 0 Å². The lowest BCUT2D eigenvalue weighted by atomic mass is 10.1. The van der Waals surface area contributed by atoms with Crippen LogP contribution in [0.3, 0.4) is 0 Å². The smallest absolute Gasteiger partial charge is 0.173 e. The molecule has 4 N–H and O–H groups in total. The van der Waals surface area contributed by atoms with Crippen LogP contribution in [-0.2, 0) is 40.8 Å². The maximum Gasteiger partial charge on any atom is 0.173 e. The Bertz CT molecular complexity index is 1450. The summed E-state index contributed by atoms with van der Waals surface area (Å²) in [5.41, 5.74) is 0. The maximum absolute atomic E-state index is 10.4. The van der Waals surface area contributed by atoms with Crippen molar-refractivity contribution < 1.29 is 61.2 Å². The first-order valence-corrected chi connectivity index (χ1v) is 61.8. The zero-order valence-electron chi connectivity index (χ0n) is 59.3. The third-order valence-electron chi connectivity index (χ3n) is 18.0. The number of ether oxygens (including phenoxy) is 6. The van der Waals surface area contributed by atoms with Gasteiger partial charge in [-0.25, -0.2) is 0 Å².